The van der Waals surface area contributed by atoms with Crippen molar-refractivity contribution in [3.63, 3.8) is 0 Å². The average Bonchev–Trinajstić information content (AvgIpc) is 2.90. The van der Waals surface area contributed by atoms with Crippen LogP contribution in [0.2, 0.25) is 0 Å². The van der Waals surface area contributed by atoms with Gasteiger partial charge in [0, 0.05) is 22.5 Å². The summed E-state index contributed by atoms with van der Waals surface area (Å²) >= 11 is 0. The number of aryl methyl sites for hydroxylation is 2. The number of fused-ring (bicyclic) bond motifs is 1. The predicted octanol–water partition coefficient (Wildman–Crippen LogP) is 7.25. The highest BCUT2D eigenvalue weighted by atomic mass is 19.1. The zero-order valence-corrected chi connectivity index (χ0v) is 21.2. The maximum absolute atomic E-state index is 14.8. The number of carbonyl (C=O) groups excluding carboxylic acids is 1. The number of benzene rings is 2. The van der Waals surface area contributed by atoms with Crippen LogP contribution in [0, 0.1) is 19.7 Å². The molecule has 0 saturated carbocycles. The van der Waals surface area contributed by atoms with E-state index in [4.69, 9.17) is 0 Å². The molecule has 2 aromatic carbocycles. The van der Waals surface area contributed by atoms with Crippen LogP contribution in [0.1, 0.15) is 29.4 Å². The van der Waals surface area contributed by atoms with Gasteiger partial charge in [-0.15, -0.1) is 0 Å². The van der Waals surface area contributed by atoms with Gasteiger partial charge in [-0.1, -0.05) is 25.3 Å². The van der Waals surface area contributed by atoms with Gasteiger partial charge in [0.15, 0.2) is 5.82 Å². The van der Waals surface area contributed by atoms with Crippen LogP contribution in [0.5, 0.6) is 0 Å². The molecule has 2 amide bonds. The molecule has 0 bridgehead atoms. The summed E-state index contributed by atoms with van der Waals surface area (Å²) in [7, 11) is 0. The van der Waals surface area contributed by atoms with Gasteiger partial charge < -0.3 is 10.6 Å². The highest BCUT2D eigenvalue weighted by Crippen LogP contribution is 2.38. The van der Waals surface area contributed by atoms with E-state index in [-0.39, 0.29) is 18.2 Å². The molecular weight excluding hydrogens is 491 g/mol. The molecule has 6 nitrogen and oxygen atoms in total. The first-order valence-electron chi connectivity index (χ1n) is 11.8. The molecule has 1 aliphatic rings. The number of anilines is 2. The number of nitrogens with zero attached hydrogens (tertiary/aromatic N) is 3. The number of halogens is 3. The molecular formula is C29H26F3N5O. The lowest BCUT2D eigenvalue weighted by Gasteiger charge is -2.31. The highest BCUT2D eigenvalue weighted by Gasteiger charge is 2.34. The van der Waals surface area contributed by atoms with E-state index in [0.29, 0.717) is 28.5 Å². The maximum atomic E-state index is 14.8. The fraction of sp³-hybridized carbons (Fsp3) is 0.138. The van der Waals surface area contributed by atoms with E-state index in [1.807, 2.05) is 25.1 Å². The van der Waals surface area contributed by atoms with Crippen LogP contribution in [-0.2, 0) is 6.54 Å². The van der Waals surface area contributed by atoms with Crippen molar-refractivity contribution in [2.45, 2.75) is 27.3 Å². The number of urea groups is 1. The van der Waals surface area contributed by atoms with Crippen molar-refractivity contribution in [3.8, 4) is 11.3 Å². The third-order valence-corrected chi connectivity index (χ3v) is 6.02. The van der Waals surface area contributed by atoms with Gasteiger partial charge in [-0.25, -0.2) is 32.8 Å². The zero-order chi connectivity index (χ0) is 27.6. The van der Waals surface area contributed by atoms with Crippen LogP contribution in [0.4, 0.5) is 29.5 Å². The normalized spacial score (nSPS) is 13.9. The van der Waals surface area contributed by atoms with Crippen LogP contribution in [0.25, 0.3) is 17.0 Å². The Morgan fingerprint density at radius 3 is 2.50 bits per heavy atom. The second-order valence-corrected chi connectivity index (χ2v) is 8.59. The molecule has 0 aliphatic carbocycles. The van der Waals surface area contributed by atoms with E-state index >= 15 is 0 Å². The lowest BCUT2D eigenvalue weighted by molar-refractivity contribution is 0.245. The highest BCUT2D eigenvalue weighted by molar-refractivity contribution is 5.99. The number of amides is 2. The van der Waals surface area contributed by atoms with Crippen LogP contribution in [0.3, 0.4) is 0 Å². The second kappa shape index (κ2) is 10.8. The topological polar surface area (TPSA) is 70.2 Å². The molecule has 2 heterocycles. The summed E-state index contributed by atoms with van der Waals surface area (Å²) in [6.07, 6.45) is 1.89. The van der Waals surface area contributed by atoms with Gasteiger partial charge in [0.2, 0.25) is 0 Å². The van der Waals surface area contributed by atoms with Crippen LogP contribution in [-0.4, -0.2) is 16.0 Å². The summed E-state index contributed by atoms with van der Waals surface area (Å²) < 4.78 is 42.9. The molecule has 0 radical (unpaired) electrons. The van der Waals surface area contributed by atoms with E-state index in [0.717, 1.165) is 33.7 Å². The van der Waals surface area contributed by atoms with E-state index < -0.39 is 23.4 Å². The standard InChI is InChI=1S/C29H26F3N5O/c1-6-24(31)27(25(32)7-2)37-28-23(15-33-29(37)38)26(35-18(5)36-28)22-14-19(9-8-16(22)3)17(4)34-21-12-10-20(30)11-13-21/h6-14,34H,1,4,15H2,2-3,5H3,(H,33,38)/b25-7+,27-24-. The van der Waals surface area contributed by atoms with Gasteiger partial charge >= 0.3 is 6.03 Å². The first-order chi connectivity index (χ1) is 18.1. The van der Waals surface area contributed by atoms with Crippen molar-refractivity contribution >= 4 is 23.2 Å². The minimum atomic E-state index is -1.01. The molecule has 3 aromatic rings. The molecule has 0 atom stereocenters. The number of hydrogen-bond acceptors (Lipinski definition) is 4. The monoisotopic (exact) mass is 517 g/mol. The molecule has 0 spiro atoms. The van der Waals surface area contributed by atoms with Crippen LogP contribution >= 0.6 is 0 Å². The molecule has 0 saturated heterocycles. The van der Waals surface area contributed by atoms with Gasteiger partial charge in [-0.05, 0) is 74.4 Å². The van der Waals surface area contributed by atoms with E-state index in [2.05, 4.69) is 33.8 Å². The van der Waals surface area contributed by atoms with Gasteiger partial charge in [0.05, 0.1) is 12.2 Å². The molecule has 194 valence electrons. The Morgan fingerprint density at radius 1 is 1.13 bits per heavy atom. The van der Waals surface area contributed by atoms with Gasteiger partial charge in [-0.2, -0.15) is 0 Å². The Labute approximate surface area is 218 Å². The van der Waals surface area contributed by atoms with Gasteiger partial charge in [0.25, 0.3) is 0 Å². The largest absolute Gasteiger partial charge is 0.356 e. The smallest absolute Gasteiger partial charge is 0.328 e. The van der Waals surface area contributed by atoms with E-state index in [1.54, 1.807) is 19.1 Å². The Kier molecular flexibility index (Phi) is 7.47. The predicted molar refractivity (Wildman–Crippen MR) is 144 cm³/mol. The summed E-state index contributed by atoms with van der Waals surface area (Å²) in [5.41, 5.74) is 3.99. The summed E-state index contributed by atoms with van der Waals surface area (Å²) in [6, 6.07) is 10.8. The summed E-state index contributed by atoms with van der Waals surface area (Å²) in [6.45, 7) is 12.5. The third kappa shape index (κ3) is 5.08. The number of aromatic nitrogens is 2. The Balaban J connectivity index is 1.84. The van der Waals surface area contributed by atoms with Crippen molar-refractivity contribution in [2.75, 3.05) is 10.2 Å². The van der Waals surface area contributed by atoms with Crippen molar-refractivity contribution in [1.82, 2.24) is 15.3 Å². The van der Waals surface area contributed by atoms with E-state index in [1.165, 1.54) is 19.1 Å². The summed E-state index contributed by atoms with van der Waals surface area (Å²) in [5.74, 6) is -1.91. The third-order valence-electron chi connectivity index (χ3n) is 6.02. The molecule has 0 fully saturated rings. The molecule has 1 aliphatic heterocycles. The lowest BCUT2D eigenvalue weighted by Crippen LogP contribution is -2.45. The minimum absolute atomic E-state index is 0.0547. The molecule has 38 heavy (non-hydrogen) atoms. The molecule has 9 heteroatoms. The number of nitrogens with one attached hydrogen (secondary N) is 2. The second-order valence-electron chi connectivity index (χ2n) is 8.59. The van der Waals surface area contributed by atoms with Gasteiger partial charge in [-0.3, -0.25) is 0 Å². The SMILES string of the molecule is C=C/C(F)=C(\C(F)=C/C)N1C(=O)NCc2c(-c3cc(C(=C)Nc4ccc(F)cc4)ccc3C)nc(C)nc21. The summed E-state index contributed by atoms with van der Waals surface area (Å²) in [4.78, 5) is 22.8. The number of allylic oxidation sites excluding steroid dienone is 4. The number of hydrogen-bond donors (Lipinski definition) is 2. The van der Waals surface area contributed by atoms with Crippen LogP contribution in [0.15, 0.2) is 85.1 Å². The van der Waals surface area contributed by atoms with Gasteiger partial charge in [0.1, 0.15) is 29.0 Å². The number of carbonyl (C=O) groups is 1. The molecule has 4 rings (SSSR count). The fourth-order valence-corrected chi connectivity index (χ4v) is 4.10. The molecule has 1 aromatic heterocycles. The Bertz CT molecular complexity index is 1510. The molecule has 0 unspecified atom stereocenters. The Morgan fingerprint density at radius 2 is 1.84 bits per heavy atom. The lowest BCUT2D eigenvalue weighted by atomic mass is 9.97. The van der Waals surface area contributed by atoms with Crippen molar-refractivity contribution in [1.29, 1.82) is 0 Å². The Hall–Kier alpha value is -4.66. The van der Waals surface area contributed by atoms with E-state index in [9.17, 15) is 18.0 Å². The van der Waals surface area contributed by atoms with Crippen molar-refractivity contribution in [3.05, 3.63) is 113 Å². The first-order valence-corrected chi connectivity index (χ1v) is 11.8. The minimum Gasteiger partial charge on any atom is -0.356 e. The summed E-state index contributed by atoms with van der Waals surface area (Å²) in [5, 5.41) is 5.83. The quantitative estimate of drug-likeness (QED) is 0.324. The zero-order valence-electron chi connectivity index (χ0n) is 21.2. The van der Waals surface area contributed by atoms with Crippen LogP contribution < -0.4 is 15.5 Å². The maximum Gasteiger partial charge on any atom is 0.328 e. The van der Waals surface area contributed by atoms with Crippen molar-refractivity contribution < 1.29 is 18.0 Å². The average molecular weight is 518 g/mol. The first kappa shape index (κ1) is 26.4. The number of rotatable bonds is 7. The van der Waals surface area contributed by atoms with Crippen molar-refractivity contribution in [2.24, 2.45) is 0 Å². The molecule has 2 N–H and O–H groups in total. The fourth-order valence-electron chi connectivity index (χ4n) is 4.10.